The highest BCUT2D eigenvalue weighted by Gasteiger charge is 2.14. The zero-order valence-electron chi connectivity index (χ0n) is 14.4. The molecule has 0 aliphatic rings. The first-order chi connectivity index (χ1) is 12.6. The molecule has 1 amide bonds. The number of amides is 1. The fourth-order valence-electron chi connectivity index (χ4n) is 2.46. The molecule has 1 N–H and O–H groups in total. The van der Waals surface area contributed by atoms with Gasteiger partial charge in [0.15, 0.2) is 18.1 Å². The number of methoxy groups -OCH3 is 1. The monoisotopic (exact) mass is 355 g/mol. The highest BCUT2D eigenvalue weighted by atomic mass is 19.1. The lowest BCUT2D eigenvalue weighted by molar-refractivity contribution is -0.118. The Labute approximate surface area is 150 Å². The van der Waals surface area contributed by atoms with Crippen molar-refractivity contribution in [1.29, 1.82) is 0 Å². The molecular weight excluding hydrogens is 337 g/mol. The van der Waals surface area contributed by atoms with Crippen LogP contribution in [0, 0.1) is 12.7 Å². The third-order valence-corrected chi connectivity index (χ3v) is 3.61. The predicted octanol–water partition coefficient (Wildman–Crippen LogP) is 3.35. The van der Waals surface area contributed by atoms with Crippen molar-refractivity contribution in [2.75, 3.05) is 19.0 Å². The average molecular weight is 355 g/mol. The van der Waals surface area contributed by atoms with Crippen molar-refractivity contribution in [3.63, 3.8) is 0 Å². The lowest BCUT2D eigenvalue weighted by Crippen LogP contribution is -2.22. The van der Waals surface area contributed by atoms with Gasteiger partial charge in [0.05, 0.1) is 12.8 Å². The van der Waals surface area contributed by atoms with E-state index >= 15 is 0 Å². The lowest BCUT2D eigenvalue weighted by Gasteiger charge is -2.12. The van der Waals surface area contributed by atoms with Gasteiger partial charge in [0, 0.05) is 6.07 Å². The van der Waals surface area contributed by atoms with E-state index in [0.717, 1.165) is 0 Å². The smallest absolute Gasteiger partial charge is 0.263 e. The van der Waals surface area contributed by atoms with Crippen LogP contribution < -0.4 is 14.8 Å². The molecule has 0 atom stereocenters. The summed E-state index contributed by atoms with van der Waals surface area (Å²) in [5, 5.41) is 6.94. The highest BCUT2D eigenvalue weighted by Crippen LogP contribution is 2.25. The number of hydrogen-bond acceptors (Lipinski definition) is 4. The number of para-hydroxylation sites is 3. The Morgan fingerprint density at radius 2 is 1.85 bits per heavy atom. The van der Waals surface area contributed by atoms with Gasteiger partial charge in [0.1, 0.15) is 17.3 Å². The molecule has 0 spiro atoms. The molecule has 0 saturated heterocycles. The number of nitrogens with zero attached hydrogens (tertiary/aromatic N) is 2. The topological polar surface area (TPSA) is 65.4 Å². The second-order valence-corrected chi connectivity index (χ2v) is 5.52. The first kappa shape index (κ1) is 17.5. The van der Waals surface area contributed by atoms with Crippen molar-refractivity contribution in [2.24, 2.45) is 0 Å². The van der Waals surface area contributed by atoms with Gasteiger partial charge in [-0.2, -0.15) is 5.10 Å². The van der Waals surface area contributed by atoms with Gasteiger partial charge in [0.2, 0.25) is 0 Å². The van der Waals surface area contributed by atoms with Gasteiger partial charge in [0.25, 0.3) is 5.91 Å². The Morgan fingerprint density at radius 1 is 1.15 bits per heavy atom. The van der Waals surface area contributed by atoms with Gasteiger partial charge in [-0.15, -0.1) is 0 Å². The van der Waals surface area contributed by atoms with Crippen LogP contribution in [0.4, 0.5) is 10.2 Å². The van der Waals surface area contributed by atoms with Crippen molar-refractivity contribution in [2.45, 2.75) is 6.92 Å². The van der Waals surface area contributed by atoms with E-state index in [-0.39, 0.29) is 12.3 Å². The largest absolute Gasteiger partial charge is 0.493 e. The van der Waals surface area contributed by atoms with Crippen LogP contribution in [0.15, 0.2) is 54.6 Å². The Balaban J connectivity index is 1.73. The molecule has 0 fully saturated rings. The predicted molar refractivity (Wildman–Crippen MR) is 95.4 cm³/mol. The van der Waals surface area contributed by atoms with Crippen LogP contribution in [0.25, 0.3) is 5.69 Å². The van der Waals surface area contributed by atoms with E-state index in [1.54, 1.807) is 49.4 Å². The van der Waals surface area contributed by atoms with Crippen LogP contribution in [0.3, 0.4) is 0 Å². The minimum atomic E-state index is -0.434. The Bertz CT molecular complexity index is 924. The van der Waals surface area contributed by atoms with Gasteiger partial charge in [-0.3, -0.25) is 4.79 Å². The van der Waals surface area contributed by atoms with Crippen LogP contribution in [0.2, 0.25) is 0 Å². The summed E-state index contributed by atoms with van der Waals surface area (Å²) in [6.45, 7) is 1.54. The summed E-state index contributed by atoms with van der Waals surface area (Å²) in [5.74, 6) is 0.530. The molecule has 3 rings (SSSR count). The van der Waals surface area contributed by atoms with Gasteiger partial charge in [-0.25, -0.2) is 9.07 Å². The molecule has 7 heteroatoms. The first-order valence-electron chi connectivity index (χ1n) is 7.95. The lowest BCUT2D eigenvalue weighted by atomic mass is 10.3. The highest BCUT2D eigenvalue weighted by molar-refractivity contribution is 5.91. The third-order valence-electron chi connectivity index (χ3n) is 3.61. The second-order valence-electron chi connectivity index (χ2n) is 5.52. The molecule has 134 valence electrons. The number of rotatable bonds is 6. The standard InChI is InChI=1S/C19H18FN3O3/c1-13-11-18(23(22-13)15-8-4-3-7-14(15)20)21-19(24)12-26-17-10-6-5-9-16(17)25-2/h3-11H,12H2,1-2H3,(H,21,24). The summed E-state index contributed by atoms with van der Waals surface area (Å²) in [5.41, 5.74) is 0.899. The van der Waals surface area contributed by atoms with Crippen LogP contribution in [0.5, 0.6) is 11.5 Å². The number of benzene rings is 2. The van der Waals surface area contributed by atoms with Gasteiger partial charge in [-0.05, 0) is 31.2 Å². The van der Waals surface area contributed by atoms with Gasteiger partial charge < -0.3 is 14.8 Å². The minimum Gasteiger partial charge on any atom is -0.493 e. The molecule has 2 aromatic carbocycles. The van der Waals surface area contributed by atoms with Crippen LogP contribution >= 0.6 is 0 Å². The zero-order chi connectivity index (χ0) is 18.5. The summed E-state index contributed by atoms with van der Waals surface area (Å²) in [6.07, 6.45) is 0. The molecule has 3 aromatic rings. The summed E-state index contributed by atoms with van der Waals surface area (Å²) < 4.78 is 26.1. The fraction of sp³-hybridized carbons (Fsp3) is 0.158. The quantitative estimate of drug-likeness (QED) is 0.736. The summed E-state index contributed by atoms with van der Waals surface area (Å²) in [4.78, 5) is 12.3. The van der Waals surface area contributed by atoms with E-state index in [9.17, 15) is 9.18 Å². The van der Waals surface area contributed by atoms with Crippen LogP contribution in [-0.2, 0) is 4.79 Å². The van der Waals surface area contributed by atoms with E-state index in [4.69, 9.17) is 9.47 Å². The molecular formula is C19H18FN3O3. The molecule has 6 nitrogen and oxygen atoms in total. The SMILES string of the molecule is COc1ccccc1OCC(=O)Nc1cc(C)nn1-c1ccccc1F. The van der Waals surface area contributed by atoms with Gasteiger partial charge in [-0.1, -0.05) is 24.3 Å². The summed E-state index contributed by atoms with van der Waals surface area (Å²) in [6, 6.07) is 14.9. The molecule has 0 radical (unpaired) electrons. The van der Waals surface area contributed by atoms with E-state index < -0.39 is 11.7 Å². The molecule has 0 saturated carbocycles. The Morgan fingerprint density at radius 3 is 2.58 bits per heavy atom. The maximum atomic E-state index is 14.0. The van der Waals surface area contributed by atoms with Crippen molar-refractivity contribution in [1.82, 2.24) is 9.78 Å². The molecule has 0 unspecified atom stereocenters. The van der Waals surface area contributed by atoms with E-state index in [1.165, 1.54) is 17.9 Å². The average Bonchev–Trinajstić information content (AvgIpc) is 3.00. The third kappa shape index (κ3) is 3.83. The molecule has 26 heavy (non-hydrogen) atoms. The van der Waals surface area contributed by atoms with Crippen molar-refractivity contribution < 1.29 is 18.7 Å². The van der Waals surface area contributed by atoms with Crippen molar-refractivity contribution >= 4 is 11.7 Å². The second kappa shape index (κ2) is 7.69. The number of anilines is 1. The van der Waals surface area contributed by atoms with Gasteiger partial charge >= 0.3 is 0 Å². The number of carbonyl (C=O) groups excluding carboxylic acids is 1. The number of aromatic nitrogens is 2. The fourth-order valence-corrected chi connectivity index (χ4v) is 2.46. The number of aryl methyl sites for hydroxylation is 1. The molecule has 0 aliphatic carbocycles. The zero-order valence-corrected chi connectivity index (χ0v) is 14.4. The van der Waals surface area contributed by atoms with E-state index in [2.05, 4.69) is 10.4 Å². The number of carbonyl (C=O) groups is 1. The van der Waals surface area contributed by atoms with Crippen molar-refractivity contribution in [3.8, 4) is 17.2 Å². The summed E-state index contributed by atoms with van der Waals surface area (Å²) >= 11 is 0. The molecule has 1 aromatic heterocycles. The Hall–Kier alpha value is -3.35. The molecule has 0 aliphatic heterocycles. The maximum absolute atomic E-state index is 14.0. The van der Waals surface area contributed by atoms with Crippen molar-refractivity contribution in [3.05, 3.63) is 66.1 Å². The number of hydrogen-bond donors (Lipinski definition) is 1. The summed E-state index contributed by atoms with van der Waals surface area (Å²) in [7, 11) is 1.53. The van der Waals surface area contributed by atoms with Crippen LogP contribution in [0.1, 0.15) is 5.69 Å². The number of halogens is 1. The first-order valence-corrected chi connectivity index (χ1v) is 7.95. The molecule has 1 heterocycles. The van der Waals surface area contributed by atoms with E-state index in [0.29, 0.717) is 23.0 Å². The van der Waals surface area contributed by atoms with E-state index in [1.807, 2.05) is 6.07 Å². The maximum Gasteiger partial charge on any atom is 0.263 e. The van der Waals surface area contributed by atoms with Crippen LogP contribution in [-0.4, -0.2) is 29.4 Å². The minimum absolute atomic E-state index is 0.220. The normalized spacial score (nSPS) is 10.4. The number of nitrogens with one attached hydrogen (secondary N) is 1. The molecule has 0 bridgehead atoms. The number of ether oxygens (including phenoxy) is 2. The Kier molecular flexibility index (Phi) is 5.17.